The maximum absolute atomic E-state index is 4.81. The maximum atomic E-state index is 4.81. The van der Waals surface area contributed by atoms with Crippen LogP contribution in [0.5, 0.6) is 0 Å². The Morgan fingerprint density at radius 1 is 1.21 bits per heavy atom. The van der Waals surface area contributed by atoms with E-state index in [1.54, 1.807) is 0 Å². The van der Waals surface area contributed by atoms with E-state index >= 15 is 0 Å². The SMILES string of the molecule is CC(C)c1ncc2c(n1)CN(Cc1cn(C)c3ccccc13)CC2. The zero-order chi connectivity index (χ0) is 16.7. The van der Waals surface area contributed by atoms with Crippen molar-refractivity contribution >= 4 is 10.9 Å². The molecule has 0 saturated carbocycles. The summed E-state index contributed by atoms with van der Waals surface area (Å²) in [5, 5.41) is 1.36. The first-order valence-electron chi connectivity index (χ1n) is 8.72. The molecule has 0 radical (unpaired) electrons. The predicted molar refractivity (Wildman–Crippen MR) is 96.9 cm³/mol. The molecule has 0 N–H and O–H groups in total. The van der Waals surface area contributed by atoms with Gasteiger partial charge in [0.15, 0.2) is 0 Å². The molecular weight excluding hydrogens is 296 g/mol. The smallest absolute Gasteiger partial charge is 0.131 e. The van der Waals surface area contributed by atoms with Crippen molar-refractivity contribution < 1.29 is 0 Å². The number of hydrogen-bond donors (Lipinski definition) is 0. The fourth-order valence-electron chi connectivity index (χ4n) is 3.58. The number of para-hydroxylation sites is 1. The average Bonchev–Trinajstić information content (AvgIpc) is 2.90. The molecule has 1 aromatic carbocycles. The van der Waals surface area contributed by atoms with E-state index in [9.17, 15) is 0 Å². The summed E-state index contributed by atoms with van der Waals surface area (Å²) in [5.41, 5.74) is 5.22. The van der Waals surface area contributed by atoms with Gasteiger partial charge in [0, 0.05) is 55.9 Å². The van der Waals surface area contributed by atoms with Gasteiger partial charge in [-0.25, -0.2) is 9.97 Å². The second kappa shape index (κ2) is 6.02. The van der Waals surface area contributed by atoms with Crippen LogP contribution >= 0.6 is 0 Å². The van der Waals surface area contributed by atoms with Crippen LogP contribution < -0.4 is 0 Å². The molecule has 4 rings (SSSR count). The molecule has 0 bridgehead atoms. The molecule has 0 atom stereocenters. The minimum atomic E-state index is 0.378. The van der Waals surface area contributed by atoms with Crippen LogP contribution in [0.3, 0.4) is 0 Å². The summed E-state index contributed by atoms with van der Waals surface area (Å²) >= 11 is 0. The highest BCUT2D eigenvalue weighted by molar-refractivity contribution is 5.83. The van der Waals surface area contributed by atoms with E-state index in [-0.39, 0.29) is 0 Å². The lowest BCUT2D eigenvalue weighted by Crippen LogP contribution is -2.31. The van der Waals surface area contributed by atoms with E-state index in [0.29, 0.717) is 5.92 Å². The van der Waals surface area contributed by atoms with Crippen molar-refractivity contribution in [3.63, 3.8) is 0 Å². The van der Waals surface area contributed by atoms with E-state index < -0.39 is 0 Å². The molecule has 1 aliphatic rings. The Hall–Kier alpha value is -2.20. The first kappa shape index (κ1) is 15.3. The Labute approximate surface area is 143 Å². The zero-order valence-corrected chi connectivity index (χ0v) is 14.7. The summed E-state index contributed by atoms with van der Waals surface area (Å²) in [4.78, 5) is 11.8. The van der Waals surface area contributed by atoms with Crippen LogP contribution in [-0.4, -0.2) is 26.0 Å². The molecule has 3 heterocycles. The van der Waals surface area contributed by atoms with Crippen molar-refractivity contribution in [2.24, 2.45) is 7.05 Å². The highest BCUT2D eigenvalue weighted by Crippen LogP contribution is 2.25. The topological polar surface area (TPSA) is 34.0 Å². The van der Waals surface area contributed by atoms with Gasteiger partial charge in [-0.15, -0.1) is 0 Å². The lowest BCUT2D eigenvalue weighted by molar-refractivity contribution is 0.241. The summed E-state index contributed by atoms with van der Waals surface area (Å²) in [6, 6.07) is 8.64. The fraction of sp³-hybridized carbons (Fsp3) is 0.400. The molecular formula is C20H24N4. The Morgan fingerprint density at radius 3 is 2.88 bits per heavy atom. The van der Waals surface area contributed by atoms with Gasteiger partial charge >= 0.3 is 0 Å². The van der Waals surface area contributed by atoms with Gasteiger partial charge in [0.1, 0.15) is 5.82 Å². The Kier molecular flexibility index (Phi) is 3.85. The number of fused-ring (bicyclic) bond motifs is 2. The quantitative estimate of drug-likeness (QED) is 0.739. The molecule has 0 spiro atoms. The summed E-state index contributed by atoms with van der Waals surface area (Å²) in [5.74, 6) is 1.34. The van der Waals surface area contributed by atoms with E-state index in [0.717, 1.165) is 31.9 Å². The number of aromatic nitrogens is 3. The van der Waals surface area contributed by atoms with Crippen LogP contribution in [0.2, 0.25) is 0 Å². The molecule has 124 valence electrons. The molecule has 0 aliphatic carbocycles. The fourth-order valence-corrected chi connectivity index (χ4v) is 3.58. The highest BCUT2D eigenvalue weighted by atomic mass is 15.1. The normalized spacial score (nSPS) is 15.2. The Balaban J connectivity index is 1.59. The van der Waals surface area contributed by atoms with Crippen molar-refractivity contribution in [3.05, 3.63) is 59.3 Å². The number of aryl methyl sites for hydroxylation is 1. The largest absolute Gasteiger partial charge is 0.350 e. The summed E-state index contributed by atoms with van der Waals surface area (Å²) in [7, 11) is 2.12. The van der Waals surface area contributed by atoms with Gasteiger partial charge in [-0.1, -0.05) is 32.0 Å². The summed E-state index contributed by atoms with van der Waals surface area (Å²) < 4.78 is 2.22. The van der Waals surface area contributed by atoms with E-state index in [2.05, 4.69) is 65.8 Å². The molecule has 0 amide bonds. The second-order valence-corrected chi connectivity index (χ2v) is 7.10. The van der Waals surface area contributed by atoms with Crippen molar-refractivity contribution in [1.29, 1.82) is 0 Å². The van der Waals surface area contributed by atoms with E-state index in [1.807, 2.05) is 6.20 Å². The highest BCUT2D eigenvalue weighted by Gasteiger charge is 2.20. The third-order valence-corrected chi connectivity index (χ3v) is 4.93. The minimum absolute atomic E-state index is 0.378. The number of rotatable bonds is 3. The lowest BCUT2D eigenvalue weighted by atomic mass is 10.0. The number of benzene rings is 1. The van der Waals surface area contributed by atoms with Gasteiger partial charge in [-0.05, 0) is 23.6 Å². The number of nitrogens with zero attached hydrogens (tertiary/aromatic N) is 4. The third-order valence-electron chi connectivity index (χ3n) is 4.93. The van der Waals surface area contributed by atoms with Gasteiger partial charge in [-0.2, -0.15) is 0 Å². The Morgan fingerprint density at radius 2 is 2.04 bits per heavy atom. The average molecular weight is 320 g/mol. The van der Waals surface area contributed by atoms with Crippen LogP contribution in [0.4, 0.5) is 0 Å². The van der Waals surface area contributed by atoms with Crippen molar-refractivity contribution in [2.45, 2.75) is 39.3 Å². The first-order valence-corrected chi connectivity index (χ1v) is 8.72. The lowest BCUT2D eigenvalue weighted by Gasteiger charge is -2.28. The van der Waals surface area contributed by atoms with Crippen molar-refractivity contribution in [1.82, 2.24) is 19.4 Å². The molecule has 24 heavy (non-hydrogen) atoms. The molecule has 2 aromatic heterocycles. The van der Waals surface area contributed by atoms with Crippen LogP contribution in [0.1, 0.15) is 42.4 Å². The first-order chi connectivity index (χ1) is 11.6. The van der Waals surface area contributed by atoms with E-state index in [4.69, 9.17) is 4.98 Å². The van der Waals surface area contributed by atoms with Crippen LogP contribution in [0.15, 0.2) is 36.7 Å². The van der Waals surface area contributed by atoms with Gasteiger partial charge in [-0.3, -0.25) is 4.90 Å². The number of hydrogen-bond acceptors (Lipinski definition) is 3. The van der Waals surface area contributed by atoms with Gasteiger partial charge < -0.3 is 4.57 Å². The molecule has 4 heteroatoms. The third kappa shape index (κ3) is 2.71. The van der Waals surface area contributed by atoms with Crippen molar-refractivity contribution in [3.8, 4) is 0 Å². The molecule has 0 fully saturated rings. The van der Waals surface area contributed by atoms with Gasteiger partial charge in [0.2, 0.25) is 0 Å². The van der Waals surface area contributed by atoms with Gasteiger partial charge in [0.05, 0.1) is 5.69 Å². The molecule has 0 saturated heterocycles. The summed E-state index contributed by atoms with van der Waals surface area (Å²) in [6.07, 6.45) is 5.34. The zero-order valence-electron chi connectivity index (χ0n) is 14.7. The Bertz CT molecular complexity index is 878. The monoisotopic (exact) mass is 320 g/mol. The van der Waals surface area contributed by atoms with E-state index in [1.165, 1.54) is 27.7 Å². The summed E-state index contributed by atoms with van der Waals surface area (Å²) in [6.45, 7) is 7.26. The standard InChI is InChI=1S/C20H24N4/c1-14(2)20-21-10-15-8-9-24(13-18(15)22-20)12-16-11-23(3)19-7-5-4-6-17(16)19/h4-7,10-11,14H,8-9,12-13H2,1-3H3. The van der Waals surface area contributed by atoms with Crippen LogP contribution in [-0.2, 0) is 26.6 Å². The second-order valence-electron chi connectivity index (χ2n) is 7.10. The van der Waals surface area contributed by atoms with Gasteiger partial charge in [0.25, 0.3) is 0 Å². The minimum Gasteiger partial charge on any atom is -0.350 e. The van der Waals surface area contributed by atoms with Crippen LogP contribution in [0.25, 0.3) is 10.9 Å². The predicted octanol–water partition coefficient (Wildman–Crippen LogP) is 3.65. The molecule has 1 aliphatic heterocycles. The maximum Gasteiger partial charge on any atom is 0.131 e. The molecule has 4 nitrogen and oxygen atoms in total. The molecule has 3 aromatic rings. The molecule has 0 unspecified atom stereocenters. The van der Waals surface area contributed by atoms with Crippen molar-refractivity contribution in [2.75, 3.05) is 6.54 Å². The van der Waals surface area contributed by atoms with Crippen LogP contribution in [0, 0.1) is 0 Å².